The number of nitrogens with one attached hydrogen (secondary N) is 1. The average molecular weight is 418 g/mol. The van der Waals surface area contributed by atoms with E-state index in [2.05, 4.69) is 15.2 Å². The molecule has 2 amide bonds. The van der Waals surface area contributed by atoms with Crippen molar-refractivity contribution in [2.45, 2.75) is 13.8 Å². The van der Waals surface area contributed by atoms with Crippen molar-refractivity contribution >= 4 is 17.5 Å². The van der Waals surface area contributed by atoms with E-state index in [9.17, 15) is 9.59 Å². The number of anilines is 1. The van der Waals surface area contributed by atoms with E-state index in [-0.39, 0.29) is 11.8 Å². The Labute approximate surface area is 182 Å². The van der Waals surface area contributed by atoms with E-state index in [0.29, 0.717) is 38.4 Å². The summed E-state index contributed by atoms with van der Waals surface area (Å²) in [6, 6.07) is 15.7. The summed E-state index contributed by atoms with van der Waals surface area (Å²) in [7, 11) is 0. The first-order valence-electron chi connectivity index (χ1n) is 10.5. The van der Waals surface area contributed by atoms with Crippen LogP contribution >= 0.6 is 0 Å². The van der Waals surface area contributed by atoms with Crippen molar-refractivity contribution in [2.24, 2.45) is 0 Å². The molecule has 3 aromatic rings. The van der Waals surface area contributed by atoms with Gasteiger partial charge in [0.15, 0.2) is 0 Å². The Balaban J connectivity index is 1.34. The van der Waals surface area contributed by atoms with E-state index in [1.807, 2.05) is 71.8 Å². The van der Waals surface area contributed by atoms with Gasteiger partial charge in [-0.3, -0.25) is 19.1 Å². The first kappa shape index (κ1) is 20.8. The van der Waals surface area contributed by atoms with Crippen molar-refractivity contribution in [1.82, 2.24) is 19.4 Å². The van der Waals surface area contributed by atoms with Gasteiger partial charge in [0.1, 0.15) is 5.69 Å². The molecule has 0 spiro atoms. The highest BCUT2D eigenvalue weighted by atomic mass is 16.2. The number of carbonyl (C=O) groups is 2. The maximum atomic E-state index is 13.1. The van der Waals surface area contributed by atoms with Crippen LogP contribution in [0.4, 0.5) is 5.69 Å². The molecule has 0 radical (unpaired) electrons. The lowest BCUT2D eigenvalue weighted by Gasteiger charge is -2.34. The van der Waals surface area contributed by atoms with E-state index < -0.39 is 0 Å². The third-order valence-corrected chi connectivity index (χ3v) is 5.66. The fraction of sp³-hybridized carbons (Fsp3) is 0.292. The third-order valence-electron chi connectivity index (χ3n) is 5.66. The van der Waals surface area contributed by atoms with E-state index in [0.717, 1.165) is 22.5 Å². The van der Waals surface area contributed by atoms with Crippen LogP contribution in [0.1, 0.15) is 21.6 Å². The molecule has 2 aromatic carbocycles. The predicted molar refractivity (Wildman–Crippen MR) is 120 cm³/mol. The molecule has 1 N–H and O–H groups in total. The lowest BCUT2D eigenvalue weighted by molar-refractivity contribution is -0.117. The maximum Gasteiger partial charge on any atom is 0.272 e. The zero-order valence-corrected chi connectivity index (χ0v) is 17.9. The zero-order chi connectivity index (χ0) is 21.8. The Hall–Kier alpha value is -3.45. The van der Waals surface area contributed by atoms with E-state index in [4.69, 9.17) is 0 Å². The predicted octanol–water partition coefficient (Wildman–Crippen LogP) is 2.89. The van der Waals surface area contributed by atoms with Gasteiger partial charge in [-0.2, -0.15) is 0 Å². The van der Waals surface area contributed by atoms with Crippen molar-refractivity contribution in [2.75, 3.05) is 38.0 Å². The molecule has 7 nitrogen and oxygen atoms in total. The van der Waals surface area contributed by atoms with Crippen molar-refractivity contribution in [3.63, 3.8) is 0 Å². The second kappa shape index (κ2) is 9.14. The van der Waals surface area contributed by atoms with Crippen molar-refractivity contribution in [3.8, 4) is 5.69 Å². The summed E-state index contributed by atoms with van der Waals surface area (Å²) in [5, 5.41) is 3.04. The number of amides is 2. The van der Waals surface area contributed by atoms with Gasteiger partial charge in [-0.15, -0.1) is 0 Å². The number of benzene rings is 2. The van der Waals surface area contributed by atoms with Crippen LogP contribution in [-0.4, -0.2) is 63.9 Å². The second-order valence-corrected chi connectivity index (χ2v) is 7.87. The molecule has 1 aliphatic rings. The molecule has 2 heterocycles. The quantitative estimate of drug-likeness (QED) is 0.693. The van der Waals surface area contributed by atoms with Crippen LogP contribution in [0, 0.1) is 13.8 Å². The van der Waals surface area contributed by atoms with Crippen LogP contribution in [0.2, 0.25) is 0 Å². The number of aryl methyl sites for hydroxylation is 2. The van der Waals surface area contributed by atoms with Gasteiger partial charge in [0.25, 0.3) is 5.91 Å². The Morgan fingerprint density at radius 1 is 0.935 bits per heavy atom. The number of aromatic nitrogens is 2. The van der Waals surface area contributed by atoms with Gasteiger partial charge in [0.05, 0.1) is 19.1 Å². The van der Waals surface area contributed by atoms with Crippen molar-refractivity contribution in [1.29, 1.82) is 0 Å². The third kappa shape index (κ3) is 4.67. The van der Waals surface area contributed by atoms with Gasteiger partial charge in [0.2, 0.25) is 5.91 Å². The molecular formula is C24H27N5O2. The summed E-state index contributed by atoms with van der Waals surface area (Å²) in [5.74, 6) is -0.0691. The minimum Gasteiger partial charge on any atom is -0.335 e. The smallest absolute Gasteiger partial charge is 0.272 e. The van der Waals surface area contributed by atoms with Crippen LogP contribution in [-0.2, 0) is 4.79 Å². The lowest BCUT2D eigenvalue weighted by Crippen LogP contribution is -2.50. The monoisotopic (exact) mass is 417 g/mol. The molecule has 0 bridgehead atoms. The zero-order valence-electron chi connectivity index (χ0n) is 17.9. The van der Waals surface area contributed by atoms with Gasteiger partial charge < -0.3 is 10.2 Å². The van der Waals surface area contributed by atoms with E-state index in [1.165, 1.54) is 0 Å². The highest BCUT2D eigenvalue weighted by Gasteiger charge is 2.25. The minimum absolute atomic E-state index is 0.0284. The Bertz CT molecular complexity index is 1050. The fourth-order valence-electron chi connectivity index (χ4n) is 3.91. The van der Waals surface area contributed by atoms with Gasteiger partial charge in [-0.05, 0) is 37.1 Å². The number of carbonyl (C=O) groups excluding carboxylic acids is 2. The minimum atomic E-state index is -0.0408. The summed E-state index contributed by atoms with van der Waals surface area (Å²) in [4.78, 5) is 33.7. The summed E-state index contributed by atoms with van der Waals surface area (Å²) >= 11 is 0. The molecule has 0 unspecified atom stereocenters. The molecule has 0 atom stereocenters. The number of para-hydroxylation sites is 2. The Morgan fingerprint density at radius 3 is 2.29 bits per heavy atom. The molecule has 1 fully saturated rings. The summed E-state index contributed by atoms with van der Waals surface area (Å²) in [5.41, 5.74) is 4.45. The lowest BCUT2D eigenvalue weighted by atomic mass is 10.1. The normalized spacial score (nSPS) is 14.5. The van der Waals surface area contributed by atoms with Gasteiger partial charge in [-0.25, -0.2) is 4.98 Å². The second-order valence-electron chi connectivity index (χ2n) is 7.87. The van der Waals surface area contributed by atoms with Crippen molar-refractivity contribution in [3.05, 3.63) is 77.9 Å². The van der Waals surface area contributed by atoms with Crippen LogP contribution in [0.25, 0.3) is 5.69 Å². The number of nitrogens with zero attached hydrogens (tertiary/aromatic N) is 4. The number of imidazole rings is 1. The van der Waals surface area contributed by atoms with Crippen molar-refractivity contribution < 1.29 is 9.59 Å². The molecule has 7 heteroatoms. The van der Waals surface area contributed by atoms with E-state index in [1.54, 1.807) is 12.5 Å². The van der Waals surface area contributed by atoms with Crippen LogP contribution in [0.5, 0.6) is 0 Å². The topological polar surface area (TPSA) is 70.5 Å². The SMILES string of the molecule is Cc1cccc(C)c1NC(=O)CN1CCN(C(=O)c2cncn2-c2ccccc2)CC1. The number of rotatable bonds is 5. The molecule has 1 saturated heterocycles. The standard InChI is InChI=1S/C24H27N5O2/c1-18-7-6-8-19(2)23(18)26-22(30)16-27-11-13-28(14-12-27)24(31)21-15-25-17-29(21)20-9-4-3-5-10-20/h3-10,15,17H,11-14,16H2,1-2H3,(H,26,30). The average Bonchev–Trinajstić information content (AvgIpc) is 3.27. The fourth-order valence-corrected chi connectivity index (χ4v) is 3.91. The highest BCUT2D eigenvalue weighted by molar-refractivity contribution is 5.94. The van der Waals surface area contributed by atoms with E-state index >= 15 is 0 Å². The van der Waals surface area contributed by atoms with Crippen LogP contribution < -0.4 is 5.32 Å². The molecule has 1 aromatic heterocycles. The highest BCUT2D eigenvalue weighted by Crippen LogP contribution is 2.19. The van der Waals surface area contributed by atoms with Gasteiger partial charge in [0, 0.05) is 37.6 Å². The number of hydrogen-bond acceptors (Lipinski definition) is 4. The van der Waals surface area contributed by atoms with Crippen LogP contribution in [0.3, 0.4) is 0 Å². The number of piperazine rings is 1. The number of hydrogen-bond donors (Lipinski definition) is 1. The molecule has 160 valence electrons. The Kier molecular flexibility index (Phi) is 6.13. The largest absolute Gasteiger partial charge is 0.335 e. The molecular weight excluding hydrogens is 390 g/mol. The van der Waals surface area contributed by atoms with Crippen LogP contribution in [0.15, 0.2) is 61.1 Å². The molecule has 31 heavy (non-hydrogen) atoms. The molecule has 0 aliphatic carbocycles. The first-order valence-corrected chi connectivity index (χ1v) is 10.5. The summed E-state index contributed by atoms with van der Waals surface area (Å²) in [6.07, 6.45) is 3.27. The molecule has 0 saturated carbocycles. The van der Waals surface area contributed by atoms with Gasteiger partial charge in [-0.1, -0.05) is 36.4 Å². The molecule has 1 aliphatic heterocycles. The maximum absolute atomic E-state index is 13.1. The Morgan fingerprint density at radius 2 is 1.61 bits per heavy atom. The summed E-state index contributed by atoms with van der Waals surface area (Å²) in [6.45, 7) is 6.78. The molecule has 4 rings (SSSR count). The summed E-state index contributed by atoms with van der Waals surface area (Å²) < 4.78 is 1.81. The first-order chi connectivity index (χ1) is 15.0. The van der Waals surface area contributed by atoms with Gasteiger partial charge >= 0.3 is 0 Å².